The van der Waals surface area contributed by atoms with Gasteiger partial charge in [0.2, 0.25) is 8.32 Å². The molecule has 0 saturated carbocycles. The minimum Gasteiger partial charge on any atom is -0.544 e. The fraction of sp³-hybridized carbons (Fsp3) is 0.312. The zero-order valence-electron chi connectivity index (χ0n) is 12.9. The second kappa shape index (κ2) is 6.63. The number of aromatic nitrogens is 2. The Balaban J connectivity index is 2.19. The molecule has 2 rings (SSSR count). The number of hydrogen-bond acceptors (Lipinski definition) is 4. The number of benzene rings is 1. The number of aliphatic imine (C=N–C) groups is 1. The van der Waals surface area contributed by atoms with Crippen LogP contribution in [0.2, 0.25) is 19.6 Å². The molecule has 5 heteroatoms. The fourth-order valence-electron chi connectivity index (χ4n) is 1.89. The topological polar surface area (TPSA) is 47.4 Å². The third kappa shape index (κ3) is 4.79. The van der Waals surface area contributed by atoms with E-state index in [4.69, 9.17) is 4.43 Å². The van der Waals surface area contributed by atoms with Gasteiger partial charge in [-0.1, -0.05) is 18.2 Å². The van der Waals surface area contributed by atoms with Gasteiger partial charge in [0, 0.05) is 18.0 Å². The van der Waals surface area contributed by atoms with Crippen LogP contribution in [0.1, 0.15) is 24.2 Å². The van der Waals surface area contributed by atoms with E-state index < -0.39 is 8.32 Å². The Morgan fingerprint density at radius 3 is 2.62 bits per heavy atom. The molecular weight excluding hydrogens is 278 g/mol. The van der Waals surface area contributed by atoms with Crippen molar-refractivity contribution in [3.05, 3.63) is 54.1 Å². The third-order valence-electron chi connectivity index (χ3n) is 2.82. The van der Waals surface area contributed by atoms with Crippen LogP contribution in [0.3, 0.4) is 0 Å². The highest BCUT2D eigenvalue weighted by Crippen LogP contribution is 2.29. The summed E-state index contributed by atoms with van der Waals surface area (Å²) in [4.78, 5) is 12.6. The summed E-state index contributed by atoms with van der Waals surface area (Å²) in [6.45, 7) is 8.60. The van der Waals surface area contributed by atoms with E-state index in [-0.39, 0.29) is 6.04 Å². The standard InChI is InChI=1S/C16H21N3OSi/c1-13(18-11-14-9-10-17-12-19-14)15-7-5-6-8-16(15)20-21(2,3)4/h5-13H,1-4H3/b18-11+. The maximum Gasteiger partial charge on any atom is 0.242 e. The highest BCUT2D eigenvalue weighted by atomic mass is 28.4. The predicted molar refractivity (Wildman–Crippen MR) is 88.5 cm³/mol. The molecule has 2 aromatic rings. The summed E-state index contributed by atoms with van der Waals surface area (Å²) >= 11 is 0. The van der Waals surface area contributed by atoms with Crippen LogP contribution < -0.4 is 4.43 Å². The summed E-state index contributed by atoms with van der Waals surface area (Å²) < 4.78 is 6.15. The van der Waals surface area contributed by atoms with Gasteiger partial charge in [-0.05, 0) is 38.7 Å². The lowest BCUT2D eigenvalue weighted by Crippen LogP contribution is -2.29. The normalized spacial score (nSPS) is 13.3. The van der Waals surface area contributed by atoms with Crippen molar-refractivity contribution in [3.63, 3.8) is 0 Å². The van der Waals surface area contributed by atoms with E-state index in [1.165, 1.54) is 6.33 Å². The van der Waals surface area contributed by atoms with Crippen LogP contribution in [0.15, 0.2) is 47.8 Å². The van der Waals surface area contributed by atoms with Gasteiger partial charge in [0.05, 0.1) is 11.7 Å². The molecule has 4 nitrogen and oxygen atoms in total. The maximum absolute atomic E-state index is 6.15. The van der Waals surface area contributed by atoms with Crippen LogP contribution in [0.4, 0.5) is 0 Å². The summed E-state index contributed by atoms with van der Waals surface area (Å²) in [5, 5.41) is 0. The average molecular weight is 299 g/mol. The van der Waals surface area contributed by atoms with Gasteiger partial charge in [0.1, 0.15) is 12.1 Å². The third-order valence-corrected chi connectivity index (χ3v) is 3.65. The number of para-hydroxylation sites is 1. The van der Waals surface area contributed by atoms with Gasteiger partial charge in [-0.15, -0.1) is 0 Å². The Bertz CT molecular complexity index is 608. The van der Waals surface area contributed by atoms with Gasteiger partial charge in [-0.25, -0.2) is 9.97 Å². The van der Waals surface area contributed by atoms with E-state index in [2.05, 4.69) is 47.6 Å². The summed E-state index contributed by atoms with van der Waals surface area (Å²) in [5.74, 6) is 0.934. The van der Waals surface area contributed by atoms with Crippen molar-refractivity contribution < 1.29 is 4.43 Å². The quantitative estimate of drug-likeness (QED) is 0.622. The average Bonchev–Trinajstić information content (AvgIpc) is 2.45. The van der Waals surface area contributed by atoms with E-state index in [1.54, 1.807) is 12.4 Å². The van der Waals surface area contributed by atoms with Crippen LogP contribution >= 0.6 is 0 Å². The van der Waals surface area contributed by atoms with Gasteiger partial charge in [-0.3, -0.25) is 4.99 Å². The molecule has 21 heavy (non-hydrogen) atoms. The van der Waals surface area contributed by atoms with Crippen molar-refractivity contribution >= 4 is 14.5 Å². The molecule has 0 aliphatic heterocycles. The number of hydrogen-bond donors (Lipinski definition) is 0. The molecule has 0 aliphatic carbocycles. The molecule has 0 bridgehead atoms. The lowest BCUT2D eigenvalue weighted by molar-refractivity contribution is 0.543. The Hall–Kier alpha value is -2.01. The SMILES string of the molecule is CC(/N=C/c1ccncn1)c1ccccc1O[Si](C)(C)C. The van der Waals surface area contributed by atoms with Gasteiger partial charge in [0.15, 0.2) is 0 Å². The minimum atomic E-state index is -1.63. The molecule has 110 valence electrons. The second-order valence-corrected chi connectivity index (χ2v) is 10.3. The summed E-state index contributed by atoms with van der Waals surface area (Å²) in [6, 6.07) is 9.96. The van der Waals surface area contributed by atoms with Crippen molar-refractivity contribution in [3.8, 4) is 5.75 Å². The molecule has 0 spiro atoms. The predicted octanol–water partition coefficient (Wildman–Crippen LogP) is 3.87. The largest absolute Gasteiger partial charge is 0.544 e. The van der Waals surface area contributed by atoms with Crippen molar-refractivity contribution in [2.24, 2.45) is 4.99 Å². The molecule has 0 saturated heterocycles. The van der Waals surface area contributed by atoms with Crippen molar-refractivity contribution in [1.29, 1.82) is 0 Å². The van der Waals surface area contributed by atoms with Gasteiger partial charge in [-0.2, -0.15) is 0 Å². The molecule has 0 fully saturated rings. The van der Waals surface area contributed by atoms with E-state index in [1.807, 2.05) is 24.3 Å². The Kier molecular flexibility index (Phi) is 4.85. The zero-order valence-corrected chi connectivity index (χ0v) is 13.9. The van der Waals surface area contributed by atoms with Crippen LogP contribution in [-0.2, 0) is 0 Å². The minimum absolute atomic E-state index is 0.0208. The summed E-state index contributed by atoms with van der Waals surface area (Å²) in [7, 11) is -1.63. The highest BCUT2D eigenvalue weighted by Gasteiger charge is 2.19. The van der Waals surface area contributed by atoms with Gasteiger partial charge >= 0.3 is 0 Å². The first-order valence-corrected chi connectivity index (χ1v) is 10.4. The molecular formula is C16H21N3OSi. The molecule has 1 atom stereocenters. The summed E-state index contributed by atoms with van der Waals surface area (Å²) in [5.41, 5.74) is 1.91. The molecule has 0 aliphatic rings. The lowest BCUT2D eigenvalue weighted by atomic mass is 10.1. The molecule has 0 amide bonds. The van der Waals surface area contributed by atoms with Gasteiger partial charge < -0.3 is 4.43 Å². The smallest absolute Gasteiger partial charge is 0.242 e. The Morgan fingerprint density at radius 2 is 1.95 bits per heavy atom. The van der Waals surface area contributed by atoms with Crippen molar-refractivity contribution in [2.45, 2.75) is 32.6 Å². The van der Waals surface area contributed by atoms with Crippen LogP contribution in [0, 0.1) is 0 Å². The molecule has 0 N–H and O–H groups in total. The zero-order chi connectivity index (χ0) is 15.3. The van der Waals surface area contributed by atoms with Crippen LogP contribution in [0.5, 0.6) is 5.75 Å². The monoisotopic (exact) mass is 299 g/mol. The first-order chi connectivity index (χ1) is 9.96. The highest BCUT2D eigenvalue weighted by molar-refractivity contribution is 6.70. The van der Waals surface area contributed by atoms with Crippen LogP contribution in [-0.4, -0.2) is 24.5 Å². The number of rotatable bonds is 5. The molecule has 1 unspecified atom stereocenters. The first-order valence-electron chi connectivity index (χ1n) is 7.03. The Labute approximate surface area is 127 Å². The maximum atomic E-state index is 6.15. The van der Waals surface area contributed by atoms with Crippen LogP contribution in [0.25, 0.3) is 0 Å². The van der Waals surface area contributed by atoms with E-state index in [0.29, 0.717) is 0 Å². The van der Waals surface area contributed by atoms with E-state index >= 15 is 0 Å². The lowest BCUT2D eigenvalue weighted by Gasteiger charge is -2.22. The van der Waals surface area contributed by atoms with E-state index in [0.717, 1.165) is 17.0 Å². The molecule has 1 heterocycles. The van der Waals surface area contributed by atoms with Crippen molar-refractivity contribution in [1.82, 2.24) is 9.97 Å². The van der Waals surface area contributed by atoms with Gasteiger partial charge in [0.25, 0.3) is 0 Å². The first kappa shape index (κ1) is 15.4. The van der Waals surface area contributed by atoms with Crippen molar-refractivity contribution in [2.75, 3.05) is 0 Å². The van der Waals surface area contributed by atoms with E-state index in [9.17, 15) is 0 Å². The molecule has 1 aromatic heterocycles. The second-order valence-electron chi connectivity index (χ2n) is 5.84. The number of nitrogens with zero attached hydrogens (tertiary/aromatic N) is 3. The Morgan fingerprint density at radius 1 is 1.19 bits per heavy atom. The molecule has 1 aromatic carbocycles. The summed E-state index contributed by atoms with van der Waals surface area (Å²) in [6.07, 6.45) is 5.01. The fourth-order valence-corrected chi connectivity index (χ4v) is 2.74. The molecule has 0 radical (unpaired) electrons.